The molecule has 1 heterocycles. The minimum Gasteiger partial charge on any atom is -0.488 e. The summed E-state index contributed by atoms with van der Waals surface area (Å²) in [4.78, 5) is 0. The smallest absolute Gasteiger partial charge is 0.416 e. The molecule has 2 rings (SSSR count). The van der Waals surface area contributed by atoms with Crippen molar-refractivity contribution in [1.29, 1.82) is 0 Å². The highest BCUT2D eigenvalue weighted by molar-refractivity contribution is 5.30. The maximum absolute atomic E-state index is 12.7. The van der Waals surface area contributed by atoms with Gasteiger partial charge < -0.3 is 14.8 Å². The van der Waals surface area contributed by atoms with Gasteiger partial charge in [0.15, 0.2) is 0 Å². The summed E-state index contributed by atoms with van der Waals surface area (Å²) < 4.78 is 49.2. The molecule has 6 heteroatoms. The molecule has 0 radical (unpaired) electrons. The van der Waals surface area contributed by atoms with Crippen LogP contribution in [0.3, 0.4) is 0 Å². The van der Waals surface area contributed by atoms with Crippen LogP contribution in [0.25, 0.3) is 0 Å². The van der Waals surface area contributed by atoms with E-state index >= 15 is 0 Å². The SMILES string of the molecule is CCO[C@@H]1CNCC[C@H]1Oc1cccc(C(F)(F)F)c1. The van der Waals surface area contributed by atoms with Gasteiger partial charge in [0, 0.05) is 13.2 Å². The van der Waals surface area contributed by atoms with Gasteiger partial charge in [-0.1, -0.05) is 6.07 Å². The van der Waals surface area contributed by atoms with Gasteiger partial charge in [-0.2, -0.15) is 13.2 Å². The van der Waals surface area contributed by atoms with Crippen LogP contribution in [0.4, 0.5) is 13.2 Å². The number of ether oxygens (including phenoxy) is 2. The first kappa shape index (κ1) is 15.1. The molecule has 0 unspecified atom stereocenters. The normalized spacial score (nSPS) is 23.6. The topological polar surface area (TPSA) is 30.5 Å². The Kier molecular flexibility index (Phi) is 4.88. The Hall–Kier alpha value is -1.27. The molecule has 1 aliphatic rings. The summed E-state index contributed by atoms with van der Waals surface area (Å²) in [6.07, 6.45) is -4.00. The van der Waals surface area contributed by atoms with Crippen LogP contribution >= 0.6 is 0 Å². The van der Waals surface area contributed by atoms with Crippen LogP contribution in [0.1, 0.15) is 18.9 Å². The predicted molar refractivity (Wildman–Crippen MR) is 68.8 cm³/mol. The quantitative estimate of drug-likeness (QED) is 0.924. The van der Waals surface area contributed by atoms with Crippen molar-refractivity contribution >= 4 is 0 Å². The van der Waals surface area contributed by atoms with Gasteiger partial charge in [-0.15, -0.1) is 0 Å². The average Bonchev–Trinajstić information content (AvgIpc) is 2.41. The molecule has 1 N–H and O–H groups in total. The third-order valence-electron chi connectivity index (χ3n) is 3.20. The van der Waals surface area contributed by atoms with Gasteiger partial charge in [0.2, 0.25) is 0 Å². The summed E-state index contributed by atoms with van der Waals surface area (Å²) in [5.74, 6) is 0.233. The largest absolute Gasteiger partial charge is 0.488 e. The lowest BCUT2D eigenvalue weighted by Crippen LogP contribution is -2.48. The maximum Gasteiger partial charge on any atom is 0.416 e. The molecular formula is C14H18F3NO2. The van der Waals surface area contributed by atoms with Crippen LogP contribution in [-0.2, 0) is 10.9 Å². The lowest BCUT2D eigenvalue weighted by molar-refractivity contribution is -0.137. The van der Waals surface area contributed by atoms with Gasteiger partial charge in [0.05, 0.1) is 5.56 Å². The molecule has 0 spiro atoms. The van der Waals surface area contributed by atoms with Crippen LogP contribution in [0.15, 0.2) is 24.3 Å². The highest BCUT2D eigenvalue weighted by Gasteiger charge is 2.32. The van der Waals surface area contributed by atoms with E-state index in [1.54, 1.807) is 6.07 Å². The highest BCUT2D eigenvalue weighted by Crippen LogP contribution is 2.32. The average molecular weight is 289 g/mol. The van der Waals surface area contributed by atoms with Gasteiger partial charge in [0.1, 0.15) is 18.0 Å². The van der Waals surface area contributed by atoms with E-state index in [0.29, 0.717) is 19.6 Å². The van der Waals surface area contributed by atoms with E-state index in [1.807, 2.05) is 6.92 Å². The van der Waals surface area contributed by atoms with Crippen molar-refractivity contribution in [3.05, 3.63) is 29.8 Å². The molecule has 3 nitrogen and oxygen atoms in total. The second kappa shape index (κ2) is 6.45. The predicted octanol–water partition coefficient (Wildman–Crippen LogP) is 2.85. The second-order valence-corrected chi connectivity index (χ2v) is 4.67. The third kappa shape index (κ3) is 3.86. The van der Waals surface area contributed by atoms with Crippen molar-refractivity contribution in [2.24, 2.45) is 0 Å². The Morgan fingerprint density at radius 3 is 2.80 bits per heavy atom. The first-order valence-corrected chi connectivity index (χ1v) is 6.67. The van der Waals surface area contributed by atoms with Crippen molar-refractivity contribution < 1.29 is 22.6 Å². The molecular weight excluding hydrogens is 271 g/mol. The summed E-state index contributed by atoms with van der Waals surface area (Å²) in [6, 6.07) is 4.97. The number of hydrogen-bond donors (Lipinski definition) is 1. The Morgan fingerprint density at radius 1 is 1.30 bits per heavy atom. The van der Waals surface area contributed by atoms with E-state index in [-0.39, 0.29) is 18.0 Å². The van der Waals surface area contributed by atoms with E-state index in [9.17, 15) is 13.2 Å². The lowest BCUT2D eigenvalue weighted by atomic mass is 10.1. The summed E-state index contributed by atoms with van der Waals surface area (Å²) in [5, 5.41) is 3.19. The number of rotatable bonds is 4. The number of piperidine rings is 1. The number of alkyl halides is 3. The first-order chi connectivity index (χ1) is 9.50. The Morgan fingerprint density at radius 2 is 2.10 bits per heavy atom. The number of nitrogens with one attached hydrogen (secondary N) is 1. The monoisotopic (exact) mass is 289 g/mol. The van der Waals surface area contributed by atoms with E-state index in [4.69, 9.17) is 9.47 Å². The zero-order chi connectivity index (χ0) is 14.6. The molecule has 20 heavy (non-hydrogen) atoms. The fourth-order valence-electron chi connectivity index (χ4n) is 2.24. The molecule has 112 valence electrons. The van der Waals surface area contributed by atoms with Crippen LogP contribution < -0.4 is 10.1 Å². The molecule has 0 amide bonds. The van der Waals surface area contributed by atoms with Gasteiger partial charge >= 0.3 is 6.18 Å². The Bertz CT molecular complexity index is 435. The molecule has 0 aliphatic carbocycles. The fraction of sp³-hybridized carbons (Fsp3) is 0.571. The zero-order valence-electron chi connectivity index (χ0n) is 11.2. The molecule has 0 bridgehead atoms. The van der Waals surface area contributed by atoms with Gasteiger partial charge in [-0.3, -0.25) is 0 Å². The molecule has 0 saturated carbocycles. The molecule has 1 saturated heterocycles. The first-order valence-electron chi connectivity index (χ1n) is 6.67. The van der Waals surface area contributed by atoms with Crippen LogP contribution in [-0.4, -0.2) is 31.9 Å². The Balaban J connectivity index is 2.08. The number of hydrogen-bond acceptors (Lipinski definition) is 3. The fourth-order valence-corrected chi connectivity index (χ4v) is 2.24. The highest BCUT2D eigenvalue weighted by atomic mass is 19.4. The summed E-state index contributed by atoms with van der Waals surface area (Å²) in [5.41, 5.74) is -0.697. The van der Waals surface area contributed by atoms with Crippen molar-refractivity contribution in [2.75, 3.05) is 19.7 Å². The zero-order valence-corrected chi connectivity index (χ0v) is 11.2. The Labute approximate surface area is 116 Å². The van der Waals surface area contributed by atoms with Crippen LogP contribution in [0.2, 0.25) is 0 Å². The van der Waals surface area contributed by atoms with Crippen molar-refractivity contribution in [2.45, 2.75) is 31.7 Å². The number of benzene rings is 1. The van der Waals surface area contributed by atoms with E-state index in [0.717, 1.165) is 18.7 Å². The maximum atomic E-state index is 12.7. The number of halogens is 3. The van der Waals surface area contributed by atoms with Crippen LogP contribution in [0.5, 0.6) is 5.75 Å². The lowest BCUT2D eigenvalue weighted by Gasteiger charge is -2.32. The minimum atomic E-state index is -4.35. The van der Waals surface area contributed by atoms with E-state index in [1.165, 1.54) is 6.07 Å². The molecule has 2 atom stereocenters. The van der Waals surface area contributed by atoms with Crippen molar-refractivity contribution in [3.63, 3.8) is 0 Å². The van der Waals surface area contributed by atoms with E-state index in [2.05, 4.69) is 5.32 Å². The molecule has 1 aromatic rings. The summed E-state index contributed by atoms with van der Waals surface area (Å²) in [6.45, 7) is 3.86. The second-order valence-electron chi connectivity index (χ2n) is 4.67. The van der Waals surface area contributed by atoms with Gasteiger partial charge in [-0.05, 0) is 38.1 Å². The summed E-state index contributed by atoms with van der Waals surface area (Å²) >= 11 is 0. The molecule has 1 aromatic carbocycles. The molecule has 1 aliphatic heterocycles. The van der Waals surface area contributed by atoms with E-state index < -0.39 is 11.7 Å². The standard InChI is InChI=1S/C14H18F3NO2/c1-2-19-13-9-18-7-6-12(13)20-11-5-3-4-10(8-11)14(15,16)17/h3-5,8,12-13,18H,2,6-7,9H2,1H3/t12-,13-/m1/s1. The molecule has 1 fully saturated rings. The van der Waals surface area contributed by atoms with Gasteiger partial charge in [-0.25, -0.2) is 0 Å². The van der Waals surface area contributed by atoms with Crippen molar-refractivity contribution in [1.82, 2.24) is 5.32 Å². The minimum absolute atomic E-state index is 0.136. The van der Waals surface area contributed by atoms with Crippen molar-refractivity contribution in [3.8, 4) is 5.75 Å². The summed E-state index contributed by atoms with van der Waals surface area (Å²) in [7, 11) is 0. The van der Waals surface area contributed by atoms with Crippen LogP contribution in [0, 0.1) is 0 Å². The molecule has 0 aromatic heterocycles. The third-order valence-corrected chi connectivity index (χ3v) is 3.20. The van der Waals surface area contributed by atoms with Gasteiger partial charge in [0.25, 0.3) is 0 Å².